The number of carbonyl (C=O) groups is 3. The maximum Gasteiger partial charge on any atom is 0.414 e. The van der Waals surface area contributed by atoms with Crippen LogP contribution in [0.15, 0.2) is 48.5 Å². The van der Waals surface area contributed by atoms with E-state index >= 15 is 0 Å². The number of benzene rings is 2. The summed E-state index contributed by atoms with van der Waals surface area (Å²) in [5.41, 5.74) is 2.47. The zero-order valence-corrected chi connectivity index (χ0v) is 20.2. The largest absolute Gasteiger partial charge is 0.481 e. The highest BCUT2D eigenvalue weighted by Crippen LogP contribution is 2.53. The molecule has 3 aliphatic rings. The predicted octanol–water partition coefficient (Wildman–Crippen LogP) is 5.56. The Labute approximate surface area is 209 Å². The van der Waals surface area contributed by atoms with Crippen LogP contribution < -0.4 is 4.90 Å². The molecule has 3 atom stereocenters. The number of carboxylic acids is 1. The van der Waals surface area contributed by atoms with Crippen LogP contribution in [-0.4, -0.2) is 40.1 Å². The number of halogens is 1. The van der Waals surface area contributed by atoms with Gasteiger partial charge >= 0.3 is 12.1 Å². The molecule has 2 saturated carbocycles. The highest BCUT2D eigenvalue weighted by atomic mass is 35.5. The van der Waals surface area contributed by atoms with Crippen LogP contribution in [0.1, 0.15) is 62.1 Å². The van der Waals surface area contributed by atoms with Gasteiger partial charge in [0.2, 0.25) is 5.91 Å². The van der Waals surface area contributed by atoms with Gasteiger partial charge in [-0.2, -0.15) is 0 Å². The summed E-state index contributed by atoms with van der Waals surface area (Å²) >= 11 is 6.39. The summed E-state index contributed by atoms with van der Waals surface area (Å²) in [5.74, 6) is -1.05. The van der Waals surface area contributed by atoms with Gasteiger partial charge in [-0.15, -0.1) is 0 Å². The van der Waals surface area contributed by atoms with Gasteiger partial charge in [-0.1, -0.05) is 54.4 Å². The smallest absolute Gasteiger partial charge is 0.414 e. The Balaban J connectivity index is 1.49. The van der Waals surface area contributed by atoms with Crippen molar-refractivity contribution >= 4 is 35.3 Å². The number of aliphatic carboxylic acids is 1. The zero-order valence-electron chi connectivity index (χ0n) is 19.4. The number of carbonyl (C=O) groups excluding carboxylic acids is 2. The molecule has 5 rings (SSSR count). The third-order valence-electron chi connectivity index (χ3n) is 7.32. The van der Waals surface area contributed by atoms with Crippen LogP contribution in [0.25, 0.3) is 0 Å². The Bertz CT molecular complexity index is 1120. The molecular formula is C27H29ClN2O5. The Morgan fingerprint density at radius 2 is 1.80 bits per heavy atom. The lowest BCUT2D eigenvalue weighted by atomic mass is 9.81. The molecular weight excluding hydrogens is 468 g/mol. The number of amides is 2. The number of hydrogen-bond donors (Lipinski definition) is 1. The van der Waals surface area contributed by atoms with Crippen LogP contribution in [0.4, 0.5) is 10.5 Å². The first-order valence-corrected chi connectivity index (χ1v) is 12.6. The molecule has 0 radical (unpaired) electrons. The van der Waals surface area contributed by atoms with Gasteiger partial charge in [0.15, 0.2) is 0 Å². The lowest BCUT2D eigenvalue weighted by Crippen LogP contribution is -2.53. The van der Waals surface area contributed by atoms with Crippen molar-refractivity contribution in [2.24, 2.45) is 5.92 Å². The van der Waals surface area contributed by atoms with Crippen molar-refractivity contribution in [3.05, 3.63) is 64.7 Å². The molecule has 2 aromatic rings. The first-order valence-electron chi connectivity index (χ1n) is 12.3. The number of rotatable bonds is 7. The van der Waals surface area contributed by atoms with Crippen molar-refractivity contribution in [1.29, 1.82) is 0 Å². The molecule has 0 aromatic heterocycles. The van der Waals surface area contributed by atoms with Crippen molar-refractivity contribution < 1.29 is 24.2 Å². The topological polar surface area (TPSA) is 87.2 Å². The third-order valence-corrected chi connectivity index (χ3v) is 7.56. The summed E-state index contributed by atoms with van der Waals surface area (Å²) in [5, 5.41) is 9.64. The average molecular weight is 497 g/mol. The lowest BCUT2D eigenvalue weighted by Gasteiger charge is -2.47. The second-order valence-corrected chi connectivity index (χ2v) is 10.1. The quantitative estimate of drug-likeness (QED) is 0.542. The van der Waals surface area contributed by atoms with E-state index in [1.54, 1.807) is 17.0 Å². The summed E-state index contributed by atoms with van der Waals surface area (Å²) in [6.07, 6.45) is 3.85. The van der Waals surface area contributed by atoms with Crippen molar-refractivity contribution in [2.45, 2.75) is 69.7 Å². The SMILES string of the molecule is O=C(O)CCC(=O)N(C1CC1)[C@H]1c2ccc(Cl)cc2N(C(=O)OCc2ccccc2)[C@@H]2CCC[C@@H]21. The van der Waals surface area contributed by atoms with Gasteiger partial charge < -0.3 is 14.7 Å². The number of hydrogen-bond acceptors (Lipinski definition) is 4. The molecule has 2 fully saturated rings. The number of fused-ring (bicyclic) bond motifs is 2. The molecule has 1 heterocycles. The summed E-state index contributed by atoms with van der Waals surface area (Å²) in [4.78, 5) is 41.5. The minimum atomic E-state index is -0.976. The van der Waals surface area contributed by atoms with Crippen molar-refractivity contribution in [3.8, 4) is 0 Å². The Hall–Kier alpha value is -3.06. The molecule has 35 heavy (non-hydrogen) atoms. The second kappa shape index (κ2) is 9.90. The molecule has 0 spiro atoms. The Kier molecular flexibility index (Phi) is 6.69. The first kappa shape index (κ1) is 23.7. The molecule has 1 aliphatic heterocycles. The Morgan fingerprint density at radius 3 is 2.51 bits per heavy atom. The minimum Gasteiger partial charge on any atom is -0.481 e. The molecule has 0 unspecified atom stereocenters. The number of carboxylic acid groups (broad SMARTS) is 1. The fourth-order valence-electron chi connectivity index (χ4n) is 5.70. The summed E-state index contributed by atoms with van der Waals surface area (Å²) in [6.45, 7) is 0.175. The van der Waals surface area contributed by atoms with E-state index < -0.39 is 12.1 Å². The number of ether oxygens (including phenoxy) is 1. The van der Waals surface area contributed by atoms with Crippen LogP contribution in [0, 0.1) is 5.92 Å². The van der Waals surface area contributed by atoms with Gasteiger partial charge in [0.05, 0.1) is 18.2 Å². The van der Waals surface area contributed by atoms with E-state index in [2.05, 4.69) is 0 Å². The van der Waals surface area contributed by atoms with Crippen molar-refractivity contribution in [1.82, 2.24) is 4.90 Å². The van der Waals surface area contributed by atoms with E-state index in [-0.39, 0.29) is 49.4 Å². The van der Waals surface area contributed by atoms with E-state index in [9.17, 15) is 14.4 Å². The van der Waals surface area contributed by atoms with Crippen molar-refractivity contribution in [2.75, 3.05) is 4.90 Å². The standard InChI is InChI=1S/C27H29ClN2O5/c28-18-9-12-21-23(15-18)30(27(34)35-16-17-5-2-1-3-6-17)22-8-4-7-20(22)26(21)29(19-10-11-19)24(31)13-14-25(32)33/h1-3,5-6,9,12,15,19-20,22,26H,4,7-8,10-11,13-14,16H2,(H,32,33)/t20-,22+,26+/m0/s1. The maximum atomic E-state index is 13.4. The van der Waals surface area contributed by atoms with E-state index in [1.807, 2.05) is 41.3 Å². The lowest BCUT2D eigenvalue weighted by molar-refractivity contribution is -0.142. The van der Waals surface area contributed by atoms with Crippen LogP contribution in [0.5, 0.6) is 0 Å². The van der Waals surface area contributed by atoms with Gasteiger partial charge in [0.1, 0.15) is 6.61 Å². The Morgan fingerprint density at radius 1 is 1.03 bits per heavy atom. The van der Waals surface area contributed by atoms with Crippen molar-refractivity contribution in [3.63, 3.8) is 0 Å². The number of anilines is 1. The normalized spacial score (nSPS) is 22.8. The maximum absolute atomic E-state index is 13.4. The summed E-state index contributed by atoms with van der Waals surface area (Å²) < 4.78 is 5.74. The first-order chi connectivity index (χ1) is 16.9. The summed E-state index contributed by atoms with van der Waals surface area (Å²) in [7, 11) is 0. The van der Waals surface area contributed by atoms with Crippen LogP contribution in [-0.2, 0) is 20.9 Å². The predicted molar refractivity (Wildman–Crippen MR) is 131 cm³/mol. The summed E-state index contributed by atoms with van der Waals surface area (Å²) in [6, 6.07) is 14.9. The van der Waals surface area contributed by atoms with Crippen LogP contribution in [0.3, 0.4) is 0 Å². The number of nitrogens with zero attached hydrogens (tertiary/aromatic N) is 2. The second-order valence-electron chi connectivity index (χ2n) is 9.65. The third kappa shape index (κ3) is 4.87. The molecule has 8 heteroatoms. The van der Waals surface area contributed by atoms with E-state index in [1.165, 1.54) is 0 Å². The van der Waals surface area contributed by atoms with Gasteiger partial charge in [0.25, 0.3) is 0 Å². The van der Waals surface area contributed by atoms with Gasteiger partial charge in [0, 0.05) is 29.4 Å². The molecule has 0 saturated heterocycles. The minimum absolute atomic E-state index is 0.0223. The van der Waals surface area contributed by atoms with E-state index in [0.29, 0.717) is 10.7 Å². The molecule has 0 bridgehead atoms. The van der Waals surface area contributed by atoms with Gasteiger partial charge in [-0.3, -0.25) is 14.5 Å². The molecule has 1 N–H and O–H groups in total. The molecule has 2 aromatic carbocycles. The molecule has 7 nitrogen and oxygen atoms in total. The molecule has 2 aliphatic carbocycles. The van der Waals surface area contributed by atoms with Crippen LogP contribution >= 0.6 is 11.6 Å². The highest BCUT2D eigenvalue weighted by Gasteiger charge is 2.51. The fourth-order valence-corrected chi connectivity index (χ4v) is 5.87. The average Bonchev–Trinajstić information content (AvgIpc) is 3.57. The molecule has 184 valence electrons. The zero-order chi connectivity index (χ0) is 24.5. The van der Waals surface area contributed by atoms with E-state index in [0.717, 1.165) is 43.2 Å². The van der Waals surface area contributed by atoms with Gasteiger partial charge in [-0.25, -0.2) is 4.79 Å². The van der Waals surface area contributed by atoms with Gasteiger partial charge in [-0.05, 0) is 48.9 Å². The molecule has 2 amide bonds. The van der Waals surface area contributed by atoms with E-state index in [4.69, 9.17) is 21.4 Å². The monoisotopic (exact) mass is 496 g/mol. The fraction of sp³-hybridized carbons (Fsp3) is 0.444. The van der Waals surface area contributed by atoms with Crippen LogP contribution in [0.2, 0.25) is 5.02 Å². The highest BCUT2D eigenvalue weighted by molar-refractivity contribution is 6.31.